The third-order valence-corrected chi connectivity index (χ3v) is 5.33. The molecular formula is C25H24N2O3. The van der Waals surface area contributed by atoms with Crippen molar-refractivity contribution in [2.75, 3.05) is 6.54 Å². The number of benzene rings is 3. The van der Waals surface area contributed by atoms with Crippen LogP contribution >= 0.6 is 0 Å². The molecule has 1 aliphatic heterocycles. The lowest BCUT2D eigenvalue weighted by Gasteiger charge is -2.47. The fraction of sp³-hybridized carbons (Fsp3) is 0.200. The molecule has 1 aliphatic rings. The lowest BCUT2D eigenvalue weighted by Crippen LogP contribution is -2.57. The highest BCUT2D eigenvalue weighted by Gasteiger charge is 2.47. The van der Waals surface area contributed by atoms with Crippen molar-refractivity contribution in [3.8, 4) is 0 Å². The predicted octanol–water partition coefficient (Wildman–Crippen LogP) is 4.31. The van der Waals surface area contributed by atoms with Crippen molar-refractivity contribution in [3.05, 3.63) is 108 Å². The van der Waals surface area contributed by atoms with Gasteiger partial charge in [0.1, 0.15) is 6.61 Å². The zero-order valence-corrected chi connectivity index (χ0v) is 16.6. The van der Waals surface area contributed by atoms with E-state index in [1.165, 1.54) is 0 Å². The topological polar surface area (TPSA) is 58.6 Å². The van der Waals surface area contributed by atoms with Crippen LogP contribution in [0, 0.1) is 5.92 Å². The van der Waals surface area contributed by atoms with Crippen LogP contribution in [-0.2, 0) is 22.7 Å². The Balaban J connectivity index is 1.39. The number of nitrogens with zero attached hydrogens (tertiary/aromatic N) is 1. The molecule has 30 heavy (non-hydrogen) atoms. The van der Waals surface area contributed by atoms with Gasteiger partial charge < -0.3 is 15.0 Å². The Morgan fingerprint density at radius 3 is 2.03 bits per heavy atom. The Morgan fingerprint density at radius 2 is 1.40 bits per heavy atom. The van der Waals surface area contributed by atoms with Crippen molar-refractivity contribution < 1.29 is 14.3 Å². The van der Waals surface area contributed by atoms with Crippen molar-refractivity contribution in [3.63, 3.8) is 0 Å². The number of hydrogen-bond acceptors (Lipinski definition) is 3. The third kappa shape index (κ3) is 4.51. The summed E-state index contributed by atoms with van der Waals surface area (Å²) in [5.41, 5.74) is 3.07. The van der Waals surface area contributed by atoms with E-state index in [-0.39, 0.29) is 31.0 Å². The fourth-order valence-corrected chi connectivity index (χ4v) is 3.81. The Labute approximate surface area is 176 Å². The van der Waals surface area contributed by atoms with Crippen LogP contribution in [0.4, 0.5) is 4.79 Å². The molecular weight excluding hydrogens is 376 g/mol. The van der Waals surface area contributed by atoms with E-state index in [1.54, 1.807) is 0 Å². The summed E-state index contributed by atoms with van der Waals surface area (Å²) in [6.07, 6.45) is -0.514. The summed E-state index contributed by atoms with van der Waals surface area (Å²) in [6.45, 7) is 0.999. The first-order valence-electron chi connectivity index (χ1n) is 10.1. The molecule has 1 fully saturated rings. The van der Waals surface area contributed by atoms with Crippen molar-refractivity contribution in [2.45, 2.75) is 19.2 Å². The number of carbonyl (C=O) groups excluding carboxylic acids is 2. The molecule has 152 valence electrons. The van der Waals surface area contributed by atoms with Crippen molar-refractivity contribution in [2.24, 2.45) is 5.92 Å². The highest BCUT2D eigenvalue weighted by molar-refractivity contribution is 5.87. The second-order valence-corrected chi connectivity index (χ2v) is 7.36. The van der Waals surface area contributed by atoms with Gasteiger partial charge in [0, 0.05) is 13.1 Å². The summed E-state index contributed by atoms with van der Waals surface area (Å²) >= 11 is 0. The van der Waals surface area contributed by atoms with Gasteiger partial charge in [-0.15, -0.1) is 0 Å². The first kappa shape index (κ1) is 19.7. The van der Waals surface area contributed by atoms with Crippen LogP contribution in [0.1, 0.15) is 22.7 Å². The quantitative estimate of drug-likeness (QED) is 0.601. The van der Waals surface area contributed by atoms with Crippen molar-refractivity contribution in [1.82, 2.24) is 10.2 Å². The Hall–Kier alpha value is -3.60. The minimum Gasteiger partial charge on any atom is -0.445 e. The van der Waals surface area contributed by atoms with E-state index in [1.807, 2.05) is 95.9 Å². The molecule has 2 atom stereocenters. The van der Waals surface area contributed by atoms with E-state index >= 15 is 0 Å². The molecule has 1 saturated heterocycles. The smallest absolute Gasteiger partial charge is 0.407 e. The number of likely N-dealkylation sites (tertiary alicyclic amines) is 1. The van der Waals surface area contributed by atoms with Crippen LogP contribution in [0.15, 0.2) is 91.0 Å². The molecule has 0 aromatic heterocycles. The number of β-lactam (4-membered cyclic amide) rings is 1. The molecule has 3 aromatic rings. The van der Waals surface area contributed by atoms with Crippen molar-refractivity contribution in [1.29, 1.82) is 0 Å². The van der Waals surface area contributed by atoms with Gasteiger partial charge in [-0.2, -0.15) is 0 Å². The average molecular weight is 400 g/mol. The second-order valence-electron chi connectivity index (χ2n) is 7.36. The number of ether oxygens (including phenoxy) is 1. The third-order valence-electron chi connectivity index (χ3n) is 5.33. The molecule has 0 radical (unpaired) electrons. The van der Waals surface area contributed by atoms with E-state index < -0.39 is 6.09 Å². The van der Waals surface area contributed by atoms with Gasteiger partial charge in [-0.3, -0.25) is 4.79 Å². The molecule has 3 aromatic carbocycles. The maximum atomic E-state index is 12.9. The van der Waals surface area contributed by atoms with Gasteiger partial charge in [-0.1, -0.05) is 91.0 Å². The number of amides is 2. The van der Waals surface area contributed by atoms with E-state index in [2.05, 4.69) is 5.32 Å². The SMILES string of the molecule is O=C(NC[C@@H]1C(=O)N(Cc2ccccc2)[C@H]1c1ccccc1)OCc1ccccc1. The highest BCUT2D eigenvalue weighted by atomic mass is 16.5. The molecule has 2 amide bonds. The maximum Gasteiger partial charge on any atom is 0.407 e. The van der Waals surface area contributed by atoms with Crippen LogP contribution in [0.5, 0.6) is 0 Å². The molecule has 0 unspecified atom stereocenters. The summed E-state index contributed by atoms with van der Waals surface area (Å²) in [5, 5.41) is 2.76. The number of carbonyl (C=O) groups is 2. The predicted molar refractivity (Wildman–Crippen MR) is 114 cm³/mol. The summed E-state index contributed by atoms with van der Waals surface area (Å²) in [4.78, 5) is 26.9. The van der Waals surface area contributed by atoms with Crippen LogP contribution in [-0.4, -0.2) is 23.4 Å². The molecule has 1 N–H and O–H groups in total. The molecule has 0 spiro atoms. The van der Waals surface area contributed by atoms with Gasteiger partial charge in [0.05, 0.1) is 12.0 Å². The molecule has 1 heterocycles. The lowest BCUT2D eigenvalue weighted by molar-refractivity contribution is -0.157. The van der Waals surface area contributed by atoms with Crippen molar-refractivity contribution >= 4 is 12.0 Å². The first-order chi connectivity index (χ1) is 14.7. The first-order valence-corrected chi connectivity index (χ1v) is 10.1. The zero-order chi connectivity index (χ0) is 20.8. The van der Waals surface area contributed by atoms with E-state index in [4.69, 9.17) is 4.74 Å². The minimum absolute atomic E-state index is 0.0380. The summed E-state index contributed by atoms with van der Waals surface area (Å²) in [7, 11) is 0. The Morgan fingerprint density at radius 1 is 0.833 bits per heavy atom. The largest absolute Gasteiger partial charge is 0.445 e. The van der Waals surface area contributed by atoms with Crippen LogP contribution in [0.3, 0.4) is 0 Å². The maximum absolute atomic E-state index is 12.9. The standard InChI is InChI=1S/C25H24N2O3/c28-24-22(16-26-25(29)30-18-20-12-6-2-7-13-20)23(21-14-8-3-9-15-21)27(24)17-19-10-4-1-5-11-19/h1-15,22-23H,16-18H2,(H,26,29)/t22-,23-/m0/s1. The van der Waals surface area contributed by atoms with Crippen LogP contribution < -0.4 is 5.32 Å². The second kappa shape index (κ2) is 9.27. The molecule has 4 rings (SSSR count). The highest BCUT2D eigenvalue weighted by Crippen LogP contribution is 2.40. The van der Waals surface area contributed by atoms with Gasteiger partial charge >= 0.3 is 6.09 Å². The molecule has 5 nitrogen and oxygen atoms in total. The van der Waals surface area contributed by atoms with E-state index in [0.717, 1.165) is 16.7 Å². The van der Waals surface area contributed by atoms with Crippen LogP contribution in [0.25, 0.3) is 0 Å². The normalized spacial score (nSPS) is 17.9. The monoisotopic (exact) mass is 400 g/mol. The number of rotatable bonds is 7. The number of alkyl carbamates (subject to hydrolysis) is 1. The number of nitrogens with one attached hydrogen (secondary N) is 1. The van der Waals surface area contributed by atoms with Gasteiger partial charge in [0.2, 0.25) is 5.91 Å². The van der Waals surface area contributed by atoms with Gasteiger partial charge in [-0.05, 0) is 16.7 Å². The Kier molecular flexibility index (Phi) is 6.09. The summed E-state index contributed by atoms with van der Waals surface area (Å²) in [5.74, 6) is -0.267. The Bertz CT molecular complexity index is 977. The summed E-state index contributed by atoms with van der Waals surface area (Å²) in [6, 6.07) is 29.3. The molecule has 0 aliphatic carbocycles. The van der Waals surface area contributed by atoms with E-state index in [0.29, 0.717) is 6.54 Å². The number of hydrogen-bond donors (Lipinski definition) is 1. The lowest BCUT2D eigenvalue weighted by atomic mass is 9.82. The van der Waals surface area contributed by atoms with Gasteiger partial charge in [0.15, 0.2) is 0 Å². The van der Waals surface area contributed by atoms with Gasteiger partial charge in [0.25, 0.3) is 0 Å². The fourth-order valence-electron chi connectivity index (χ4n) is 3.81. The molecule has 5 heteroatoms. The van der Waals surface area contributed by atoms with E-state index in [9.17, 15) is 9.59 Å². The zero-order valence-electron chi connectivity index (χ0n) is 16.6. The summed E-state index contributed by atoms with van der Waals surface area (Å²) < 4.78 is 5.27. The molecule has 0 bridgehead atoms. The van der Waals surface area contributed by atoms with Crippen LogP contribution in [0.2, 0.25) is 0 Å². The molecule has 0 saturated carbocycles. The van der Waals surface area contributed by atoms with Gasteiger partial charge in [-0.25, -0.2) is 4.79 Å². The average Bonchev–Trinajstić information content (AvgIpc) is 2.80. The minimum atomic E-state index is -0.514.